The van der Waals surface area contributed by atoms with Crippen molar-refractivity contribution >= 4 is 0 Å². The number of rotatable bonds is 4. The largest absolute Gasteiger partial charge is 0.386 e. The first-order valence-corrected chi connectivity index (χ1v) is 6.49. The van der Waals surface area contributed by atoms with Gasteiger partial charge in [-0.15, -0.1) is 0 Å². The van der Waals surface area contributed by atoms with E-state index in [2.05, 4.69) is 23.8 Å². The molecule has 0 bridgehead atoms. The fourth-order valence-electron chi connectivity index (χ4n) is 2.76. The molecule has 1 fully saturated rings. The predicted molar refractivity (Wildman–Crippen MR) is 67.7 cm³/mol. The van der Waals surface area contributed by atoms with Gasteiger partial charge in [-0.3, -0.25) is 9.58 Å². The van der Waals surface area contributed by atoms with Crippen LogP contribution in [0.1, 0.15) is 44.8 Å². The molecule has 0 aliphatic carbocycles. The minimum atomic E-state index is -0.459. The van der Waals surface area contributed by atoms with Crippen molar-refractivity contribution in [3.8, 4) is 0 Å². The summed E-state index contributed by atoms with van der Waals surface area (Å²) in [7, 11) is 1.88. The average Bonchev–Trinajstić information content (AvgIpc) is 2.97. The molecule has 96 valence electrons. The van der Waals surface area contributed by atoms with Crippen LogP contribution >= 0.6 is 0 Å². The summed E-state index contributed by atoms with van der Waals surface area (Å²) in [5.74, 6) is 0. The van der Waals surface area contributed by atoms with Gasteiger partial charge in [0.1, 0.15) is 6.10 Å². The third kappa shape index (κ3) is 2.24. The minimum Gasteiger partial charge on any atom is -0.386 e. The fraction of sp³-hybridized carbons (Fsp3) is 0.769. The number of aromatic nitrogens is 2. The topological polar surface area (TPSA) is 41.3 Å². The van der Waals surface area contributed by atoms with Crippen molar-refractivity contribution in [1.29, 1.82) is 0 Å². The molecule has 0 spiro atoms. The maximum absolute atomic E-state index is 10.6. The van der Waals surface area contributed by atoms with Crippen LogP contribution in [0.3, 0.4) is 0 Å². The first-order valence-electron chi connectivity index (χ1n) is 6.49. The Kier molecular flexibility index (Phi) is 3.54. The highest BCUT2D eigenvalue weighted by Crippen LogP contribution is 2.36. The van der Waals surface area contributed by atoms with Crippen molar-refractivity contribution in [1.82, 2.24) is 14.7 Å². The van der Waals surface area contributed by atoms with Gasteiger partial charge in [0.25, 0.3) is 0 Å². The first-order chi connectivity index (χ1) is 8.08. The third-order valence-corrected chi connectivity index (χ3v) is 4.17. The Balaban J connectivity index is 2.21. The van der Waals surface area contributed by atoms with E-state index in [1.54, 1.807) is 10.9 Å². The van der Waals surface area contributed by atoms with Crippen LogP contribution in [-0.4, -0.2) is 38.4 Å². The van der Waals surface area contributed by atoms with E-state index in [1.807, 2.05) is 13.2 Å². The highest BCUT2D eigenvalue weighted by molar-refractivity contribution is 5.14. The van der Waals surface area contributed by atoms with E-state index in [4.69, 9.17) is 0 Å². The van der Waals surface area contributed by atoms with Crippen molar-refractivity contribution in [2.75, 3.05) is 13.1 Å². The lowest BCUT2D eigenvalue weighted by Crippen LogP contribution is -2.48. The normalized spacial score (nSPS) is 22.6. The van der Waals surface area contributed by atoms with Crippen LogP contribution in [0.5, 0.6) is 0 Å². The van der Waals surface area contributed by atoms with Gasteiger partial charge in [-0.25, -0.2) is 0 Å². The van der Waals surface area contributed by atoms with E-state index in [-0.39, 0.29) is 5.54 Å². The van der Waals surface area contributed by atoms with E-state index < -0.39 is 6.10 Å². The smallest absolute Gasteiger partial charge is 0.100 e. The molecule has 17 heavy (non-hydrogen) atoms. The Morgan fingerprint density at radius 1 is 1.47 bits per heavy atom. The molecule has 1 aromatic heterocycles. The lowest BCUT2D eigenvalue weighted by molar-refractivity contribution is -0.0140. The standard InChI is InChI=1S/C13H23N3O/c1-4-13(2,16-7-5-6-8-16)12(17)11-9-14-15(3)10-11/h9-10,12,17H,4-8H2,1-3H3. The number of nitrogens with zero attached hydrogens (tertiary/aromatic N) is 3. The molecule has 2 rings (SSSR count). The van der Waals surface area contributed by atoms with Crippen molar-refractivity contribution in [2.24, 2.45) is 7.05 Å². The van der Waals surface area contributed by atoms with Crippen LogP contribution in [0.2, 0.25) is 0 Å². The maximum Gasteiger partial charge on any atom is 0.100 e. The van der Waals surface area contributed by atoms with Crippen LogP contribution in [0, 0.1) is 0 Å². The number of likely N-dealkylation sites (tertiary alicyclic amines) is 1. The number of aliphatic hydroxyl groups excluding tert-OH is 1. The average molecular weight is 237 g/mol. The van der Waals surface area contributed by atoms with Gasteiger partial charge in [0.2, 0.25) is 0 Å². The van der Waals surface area contributed by atoms with Crippen LogP contribution < -0.4 is 0 Å². The van der Waals surface area contributed by atoms with E-state index in [1.165, 1.54) is 12.8 Å². The van der Waals surface area contributed by atoms with Crippen LogP contribution in [-0.2, 0) is 7.05 Å². The number of aryl methyl sites for hydroxylation is 1. The van der Waals surface area contributed by atoms with Gasteiger partial charge in [0.05, 0.1) is 6.20 Å². The van der Waals surface area contributed by atoms with E-state index in [9.17, 15) is 5.11 Å². The summed E-state index contributed by atoms with van der Waals surface area (Å²) in [6.45, 7) is 6.51. The summed E-state index contributed by atoms with van der Waals surface area (Å²) in [4.78, 5) is 2.42. The molecule has 2 unspecified atom stereocenters. The summed E-state index contributed by atoms with van der Waals surface area (Å²) in [5, 5.41) is 14.8. The zero-order chi connectivity index (χ0) is 12.5. The lowest BCUT2D eigenvalue weighted by Gasteiger charge is -2.41. The van der Waals surface area contributed by atoms with Crippen molar-refractivity contribution in [3.05, 3.63) is 18.0 Å². The second-order valence-corrected chi connectivity index (χ2v) is 5.25. The molecule has 4 heteroatoms. The Morgan fingerprint density at radius 3 is 2.59 bits per heavy atom. The Bertz CT molecular complexity index is 370. The van der Waals surface area contributed by atoms with Gasteiger partial charge in [0, 0.05) is 24.3 Å². The molecule has 2 heterocycles. The van der Waals surface area contributed by atoms with Gasteiger partial charge in [0.15, 0.2) is 0 Å². The summed E-state index contributed by atoms with van der Waals surface area (Å²) in [6, 6.07) is 0. The number of aliphatic hydroxyl groups is 1. The summed E-state index contributed by atoms with van der Waals surface area (Å²) in [5.41, 5.74) is 0.753. The molecule has 0 radical (unpaired) electrons. The van der Waals surface area contributed by atoms with Crippen LogP contribution in [0.15, 0.2) is 12.4 Å². The Labute approximate surface area is 103 Å². The van der Waals surface area contributed by atoms with E-state index in [0.717, 1.165) is 25.1 Å². The van der Waals surface area contributed by atoms with Crippen LogP contribution in [0.25, 0.3) is 0 Å². The molecule has 1 saturated heterocycles. The molecule has 1 aromatic rings. The zero-order valence-corrected chi connectivity index (χ0v) is 11.1. The molecule has 1 aliphatic heterocycles. The highest BCUT2D eigenvalue weighted by atomic mass is 16.3. The molecule has 2 atom stereocenters. The molecule has 1 N–H and O–H groups in total. The van der Waals surface area contributed by atoms with E-state index >= 15 is 0 Å². The summed E-state index contributed by atoms with van der Waals surface area (Å²) < 4.78 is 1.75. The molecular formula is C13H23N3O. The lowest BCUT2D eigenvalue weighted by atomic mass is 9.86. The van der Waals surface area contributed by atoms with Gasteiger partial charge >= 0.3 is 0 Å². The van der Waals surface area contributed by atoms with E-state index in [0.29, 0.717) is 0 Å². The maximum atomic E-state index is 10.6. The third-order valence-electron chi connectivity index (χ3n) is 4.17. The van der Waals surface area contributed by atoms with Gasteiger partial charge in [-0.05, 0) is 39.3 Å². The second kappa shape index (κ2) is 4.78. The molecule has 1 aliphatic rings. The monoisotopic (exact) mass is 237 g/mol. The molecule has 0 saturated carbocycles. The Morgan fingerprint density at radius 2 is 2.12 bits per heavy atom. The SMILES string of the molecule is CCC(C)(C(O)c1cnn(C)c1)N1CCCC1. The minimum absolute atomic E-state index is 0.167. The van der Waals surface area contributed by atoms with Gasteiger partial charge in [-0.1, -0.05) is 6.92 Å². The Hall–Kier alpha value is -0.870. The second-order valence-electron chi connectivity index (χ2n) is 5.25. The van der Waals surface area contributed by atoms with Crippen molar-refractivity contribution < 1.29 is 5.11 Å². The zero-order valence-electron chi connectivity index (χ0n) is 11.1. The quantitative estimate of drug-likeness (QED) is 0.867. The van der Waals surface area contributed by atoms with Gasteiger partial charge in [-0.2, -0.15) is 5.10 Å². The molecule has 0 aromatic carbocycles. The van der Waals surface area contributed by atoms with Crippen molar-refractivity contribution in [3.63, 3.8) is 0 Å². The molecule has 0 amide bonds. The first kappa shape index (κ1) is 12.6. The highest BCUT2D eigenvalue weighted by Gasteiger charge is 2.39. The fourth-order valence-corrected chi connectivity index (χ4v) is 2.76. The van der Waals surface area contributed by atoms with Crippen molar-refractivity contribution in [2.45, 2.75) is 44.8 Å². The van der Waals surface area contributed by atoms with Gasteiger partial charge < -0.3 is 5.11 Å². The number of hydrogen-bond donors (Lipinski definition) is 1. The predicted octanol–water partition coefficient (Wildman–Crippen LogP) is 1.72. The molecule has 4 nitrogen and oxygen atoms in total. The van der Waals surface area contributed by atoms with Crippen LogP contribution in [0.4, 0.5) is 0 Å². The number of hydrogen-bond acceptors (Lipinski definition) is 3. The summed E-state index contributed by atoms with van der Waals surface area (Å²) in [6.07, 6.45) is 6.66. The molecular weight excluding hydrogens is 214 g/mol. The summed E-state index contributed by atoms with van der Waals surface area (Å²) >= 11 is 0.